The topological polar surface area (TPSA) is 29.9 Å². The molecule has 0 aliphatic rings. The average molecular weight is 228 g/mol. The summed E-state index contributed by atoms with van der Waals surface area (Å²) < 4.78 is 8.21. The Morgan fingerprint density at radius 3 is 2.67 bits per heavy atom. The van der Waals surface area contributed by atoms with Crippen LogP contribution in [0, 0.1) is 4.77 Å². The second-order valence-electron chi connectivity index (χ2n) is 4.06. The Labute approximate surface area is 96.5 Å². The Bertz CT molecular complexity index is 354. The van der Waals surface area contributed by atoms with Gasteiger partial charge in [0.15, 0.2) is 4.77 Å². The molecule has 4 heteroatoms. The molecule has 0 aromatic carbocycles. The summed E-state index contributed by atoms with van der Waals surface area (Å²) in [4.78, 5) is 3.11. The van der Waals surface area contributed by atoms with Crippen LogP contribution < -0.4 is 0 Å². The van der Waals surface area contributed by atoms with E-state index in [4.69, 9.17) is 17.0 Å². The summed E-state index contributed by atoms with van der Waals surface area (Å²) in [6, 6.07) is 0.339. The molecule has 0 fully saturated rings. The fourth-order valence-corrected chi connectivity index (χ4v) is 2.09. The van der Waals surface area contributed by atoms with Crippen molar-refractivity contribution in [3.8, 4) is 0 Å². The van der Waals surface area contributed by atoms with Gasteiger partial charge in [0.05, 0.1) is 12.6 Å². The van der Waals surface area contributed by atoms with E-state index in [1.54, 1.807) is 7.11 Å². The molecule has 1 aromatic rings. The van der Waals surface area contributed by atoms with Crippen molar-refractivity contribution in [3.05, 3.63) is 16.7 Å². The third kappa shape index (κ3) is 2.69. The molecule has 0 radical (unpaired) electrons. The standard InChI is InChI=1S/C11H20N2OS/c1-5-9(7-14-4)13-10(8(2)3)6-12-11(13)15/h6,8-9H,5,7H2,1-4H3,(H,12,15). The lowest BCUT2D eigenvalue weighted by atomic mass is 10.1. The van der Waals surface area contributed by atoms with E-state index in [2.05, 4.69) is 30.3 Å². The third-order valence-electron chi connectivity index (χ3n) is 2.63. The second kappa shape index (κ2) is 5.47. The first-order valence-electron chi connectivity index (χ1n) is 5.40. The molecule has 1 unspecified atom stereocenters. The van der Waals surface area contributed by atoms with E-state index in [-0.39, 0.29) is 0 Å². The van der Waals surface area contributed by atoms with Gasteiger partial charge in [-0.1, -0.05) is 20.8 Å². The molecule has 0 amide bonds. The third-order valence-corrected chi connectivity index (χ3v) is 2.94. The molecule has 86 valence electrons. The molecule has 0 spiro atoms. The Balaban J connectivity index is 3.09. The molecule has 1 atom stereocenters. The minimum absolute atomic E-state index is 0.339. The number of rotatable bonds is 5. The molecular weight excluding hydrogens is 208 g/mol. The minimum atomic E-state index is 0.339. The molecule has 1 rings (SSSR count). The molecule has 0 aliphatic heterocycles. The predicted molar refractivity (Wildman–Crippen MR) is 64.9 cm³/mol. The van der Waals surface area contributed by atoms with Gasteiger partial charge in [-0.05, 0) is 24.6 Å². The average Bonchev–Trinajstić information content (AvgIpc) is 2.57. The smallest absolute Gasteiger partial charge is 0.177 e. The van der Waals surface area contributed by atoms with Gasteiger partial charge in [0.1, 0.15) is 0 Å². The number of nitrogens with one attached hydrogen (secondary N) is 1. The molecule has 0 saturated heterocycles. The van der Waals surface area contributed by atoms with Gasteiger partial charge >= 0.3 is 0 Å². The highest BCUT2D eigenvalue weighted by Gasteiger charge is 2.15. The highest BCUT2D eigenvalue weighted by Crippen LogP contribution is 2.21. The summed E-state index contributed by atoms with van der Waals surface area (Å²) in [5.41, 5.74) is 1.25. The van der Waals surface area contributed by atoms with Crippen LogP contribution in [0.2, 0.25) is 0 Å². The molecule has 1 aromatic heterocycles. The first kappa shape index (κ1) is 12.5. The van der Waals surface area contributed by atoms with Crippen molar-refractivity contribution in [3.63, 3.8) is 0 Å². The fraction of sp³-hybridized carbons (Fsp3) is 0.727. The van der Waals surface area contributed by atoms with E-state index in [0.29, 0.717) is 18.6 Å². The number of aromatic amines is 1. The van der Waals surface area contributed by atoms with Crippen LogP contribution >= 0.6 is 12.2 Å². The number of ether oxygens (including phenoxy) is 1. The maximum atomic E-state index is 5.30. The summed E-state index contributed by atoms with van der Waals surface area (Å²) in [6.45, 7) is 7.22. The van der Waals surface area contributed by atoms with Crippen LogP contribution in [0.3, 0.4) is 0 Å². The van der Waals surface area contributed by atoms with Crippen LogP contribution in [-0.2, 0) is 4.74 Å². The summed E-state index contributed by atoms with van der Waals surface area (Å²) in [6.07, 6.45) is 3.03. The number of nitrogens with zero attached hydrogens (tertiary/aromatic N) is 1. The van der Waals surface area contributed by atoms with Gasteiger partial charge in [-0.25, -0.2) is 0 Å². The summed E-state index contributed by atoms with van der Waals surface area (Å²) >= 11 is 5.30. The zero-order chi connectivity index (χ0) is 11.4. The van der Waals surface area contributed by atoms with E-state index in [0.717, 1.165) is 11.2 Å². The monoisotopic (exact) mass is 228 g/mol. The first-order chi connectivity index (χ1) is 7.11. The second-order valence-corrected chi connectivity index (χ2v) is 4.45. The van der Waals surface area contributed by atoms with E-state index in [1.165, 1.54) is 5.69 Å². The number of aromatic nitrogens is 2. The van der Waals surface area contributed by atoms with Crippen LogP contribution in [0.25, 0.3) is 0 Å². The molecule has 1 heterocycles. The van der Waals surface area contributed by atoms with Crippen molar-refractivity contribution in [1.29, 1.82) is 0 Å². The Kier molecular flexibility index (Phi) is 4.54. The normalized spacial score (nSPS) is 13.4. The zero-order valence-electron chi connectivity index (χ0n) is 9.91. The van der Waals surface area contributed by atoms with Crippen LogP contribution in [0.1, 0.15) is 44.8 Å². The van der Waals surface area contributed by atoms with Gasteiger partial charge in [-0.2, -0.15) is 0 Å². The van der Waals surface area contributed by atoms with Crippen LogP contribution in [0.5, 0.6) is 0 Å². The minimum Gasteiger partial charge on any atom is -0.383 e. The number of hydrogen-bond acceptors (Lipinski definition) is 2. The van der Waals surface area contributed by atoms with Gasteiger partial charge in [0.2, 0.25) is 0 Å². The number of H-pyrrole nitrogens is 1. The highest BCUT2D eigenvalue weighted by atomic mass is 32.1. The van der Waals surface area contributed by atoms with Gasteiger partial charge in [0.25, 0.3) is 0 Å². The highest BCUT2D eigenvalue weighted by molar-refractivity contribution is 7.71. The molecular formula is C11H20N2OS. The SMILES string of the molecule is CCC(COC)n1c(C(C)C)c[nH]c1=S. The lowest BCUT2D eigenvalue weighted by Gasteiger charge is -2.20. The van der Waals surface area contributed by atoms with Crippen molar-refractivity contribution < 1.29 is 4.74 Å². The summed E-state index contributed by atoms with van der Waals surface area (Å²) in [5, 5.41) is 0. The molecule has 1 N–H and O–H groups in total. The van der Waals surface area contributed by atoms with Gasteiger partial charge in [-0.15, -0.1) is 0 Å². The first-order valence-corrected chi connectivity index (χ1v) is 5.81. The Morgan fingerprint density at radius 1 is 1.53 bits per heavy atom. The van der Waals surface area contributed by atoms with Gasteiger partial charge in [-0.3, -0.25) is 0 Å². The molecule has 3 nitrogen and oxygen atoms in total. The lowest BCUT2D eigenvalue weighted by molar-refractivity contribution is 0.151. The van der Waals surface area contributed by atoms with Crippen molar-refractivity contribution in [2.75, 3.05) is 13.7 Å². The lowest BCUT2D eigenvalue weighted by Crippen LogP contribution is -2.17. The number of imidazole rings is 1. The van der Waals surface area contributed by atoms with E-state index >= 15 is 0 Å². The fourth-order valence-electron chi connectivity index (χ4n) is 1.78. The molecule has 0 saturated carbocycles. The van der Waals surface area contributed by atoms with Gasteiger partial charge in [0, 0.05) is 19.0 Å². The van der Waals surface area contributed by atoms with Crippen LogP contribution in [0.4, 0.5) is 0 Å². The number of hydrogen-bond donors (Lipinski definition) is 1. The van der Waals surface area contributed by atoms with E-state index < -0.39 is 0 Å². The summed E-state index contributed by atoms with van der Waals surface area (Å²) in [5.74, 6) is 0.476. The van der Waals surface area contributed by atoms with Crippen molar-refractivity contribution >= 4 is 12.2 Å². The van der Waals surface area contributed by atoms with E-state index in [9.17, 15) is 0 Å². The maximum absolute atomic E-state index is 5.30. The van der Waals surface area contributed by atoms with Crippen LogP contribution in [0.15, 0.2) is 6.20 Å². The largest absolute Gasteiger partial charge is 0.383 e. The molecule has 15 heavy (non-hydrogen) atoms. The molecule has 0 aliphatic carbocycles. The Morgan fingerprint density at radius 2 is 2.20 bits per heavy atom. The quantitative estimate of drug-likeness (QED) is 0.784. The Hall–Kier alpha value is -0.610. The van der Waals surface area contributed by atoms with E-state index in [1.807, 2.05) is 6.20 Å². The maximum Gasteiger partial charge on any atom is 0.177 e. The van der Waals surface area contributed by atoms with Crippen molar-refractivity contribution in [1.82, 2.24) is 9.55 Å². The predicted octanol–water partition coefficient (Wildman–Crippen LogP) is 3.27. The zero-order valence-corrected chi connectivity index (χ0v) is 10.7. The van der Waals surface area contributed by atoms with Crippen molar-refractivity contribution in [2.45, 2.75) is 39.2 Å². The van der Waals surface area contributed by atoms with Gasteiger partial charge < -0.3 is 14.3 Å². The van der Waals surface area contributed by atoms with Crippen LogP contribution in [-0.4, -0.2) is 23.3 Å². The molecule has 0 bridgehead atoms. The number of methoxy groups -OCH3 is 1. The van der Waals surface area contributed by atoms with Crippen molar-refractivity contribution in [2.24, 2.45) is 0 Å². The summed E-state index contributed by atoms with van der Waals surface area (Å²) in [7, 11) is 1.73.